The molecule has 1 N–H and O–H groups in total. The van der Waals surface area contributed by atoms with Crippen molar-refractivity contribution in [2.24, 2.45) is 0 Å². The number of halogens is 1. The van der Waals surface area contributed by atoms with E-state index >= 15 is 0 Å². The van der Waals surface area contributed by atoms with E-state index < -0.39 is 10.0 Å². The van der Waals surface area contributed by atoms with Crippen LogP contribution in [0.3, 0.4) is 0 Å². The second kappa shape index (κ2) is 10.5. The van der Waals surface area contributed by atoms with Gasteiger partial charge in [0.1, 0.15) is 5.75 Å². The van der Waals surface area contributed by atoms with E-state index in [1.54, 1.807) is 31.4 Å². The van der Waals surface area contributed by atoms with Gasteiger partial charge in [-0.25, -0.2) is 8.42 Å². The minimum atomic E-state index is -3.46. The number of carbonyl (C=O) groups excluding carboxylic acids is 1. The molecule has 0 fully saturated rings. The largest absolute Gasteiger partial charge is 0.497 e. The summed E-state index contributed by atoms with van der Waals surface area (Å²) < 4.78 is 30.7. The van der Waals surface area contributed by atoms with E-state index in [9.17, 15) is 13.2 Å². The van der Waals surface area contributed by atoms with Crippen LogP contribution in [0, 0.1) is 0 Å². The predicted molar refractivity (Wildman–Crippen MR) is 117 cm³/mol. The third kappa shape index (κ3) is 6.94. The molecule has 0 radical (unpaired) electrons. The smallest absolute Gasteiger partial charge is 0.232 e. The van der Waals surface area contributed by atoms with E-state index in [1.807, 2.05) is 31.2 Å². The zero-order valence-electron chi connectivity index (χ0n) is 16.9. The molecule has 158 valence electrons. The van der Waals surface area contributed by atoms with Crippen LogP contribution in [-0.4, -0.2) is 34.2 Å². The summed E-state index contributed by atoms with van der Waals surface area (Å²) in [5, 5.41) is 3.55. The molecule has 6 nitrogen and oxygen atoms in total. The molecule has 2 aromatic carbocycles. The summed E-state index contributed by atoms with van der Waals surface area (Å²) in [5.41, 5.74) is 1.53. The molecule has 0 bridgehead atoms. The lowest BCUT2D eigenvalue weighted by Crippen LogP contribution is -2.32. The summed E-state index contributed by atoms with van der Waals surface area (Å²) in [5.74, 6) is 0.648. The molecule has 0 saturated carbocycles. The van der Waals surface area contributed by atoms with Crippen molar-refractivity contribution in [2.45, 2.75) is 32.2 Å². The molecule has 0 spiro atoms. The van der Waals surface area contributed by atoms with Crippen molar-refractivity contribution in [1.29, 1.82) is 0 Å². The average molecular weight is 439 g/mol. The number of rotatable bonds is 10. The third-order valence-corrected chi connectivity index (χ3v) is 5.99. The van der Waals surface area contributed by atoms with Crippen molar-refractivity contribution < 1.29 is 17.9 Å². The van der Waals surface area contributed by atoms with E-state index in [0.29, 0.717) is 17.1 Å². The fraction of sp³-hybridized carbons (Fsp3) is 0.381. The summed E-state index contributed by atoms with van der Waals surface area (Å²) in [4.78, 5) is 12.4. The third-order valence-electron chi connectivity index (χ3n) is 4.54. The molecule has 8 heteroatoms. The van der Waals surface area contributed by atoms with Crippen molar-refractivity contribution in [1.82, 2.24) is 5.32 Å². The maximum atomic E-state index is 12.4. The van der Waals surface area contributed by atoms with E-state index in [2.05, 4.69) is 5.32 Å². The normalized spacial score (nSPS) is 12.3. The van der Waals surface area contributed by atoms with Crippen LogP contribution >= 0.6 is 11.6 Å². The number of nitrogens with zero attached hydrogens (tertiary/aromatic N) is 1. The molecular formula is C21H27ClN2O4S. The van der Waals surface area contributed by atoms with Gasteiger partial charge in [-0.3, -0.25) is 9.10 Å². The Balaban J connectivity index is 1.94. The van der Waals surface area contributed by atoms with Crippen LogP contribution < -0.4 is 14.4 Å². The molecule has 0 heterocycles. The minimum absolute atomic E-state index is 0.101. The summed E-state index contributed by atoms with van der Waals surface area (Å²) in [6.45, 7) is 2.22. The van der Waals surface area contributed by atoms with E-state index in [1.165, 1.54) is 4.31 Å². The van der Waals surface area contributed by atoms with Crippen molar-refractivity contribution >= 4 is 33.2 Å². The Morgan fingerprint density at radius 3 is 2.28 bits per heavy atom. The highest BCUT2D eigenvalue weighted by Gasteiger charge is 2.18. The lowest BCUT2D eigenvalue weighted by atomic mass is 10.0. The first kappa shape index (κ1) is 23.0. The predicted octanol–water partition coefficient (Wildman–Crippen LogP) is 4.16. The number of methoxy groups -OCH3 is 1. The Kier molecular flexibility index (Phi) is 8.34. The molecule has 1 atom stereocenters. The van der Waals surface area contributed by atoms with Crippen LogP contribution in [0.25, 0.3) is 0 Å². The first-order chi connectivity index (χ1) is 13.7. The Bertz CT molecular complexity index is 899. The van der Waals surface area contributed by atoms with E-state index in [-0.39, 0.29) is 24.9 Å². The molecule has 0 aliphatic rings. The van der Waals surface area contributed by atoms with Gasteiger partial charge in [0.05, 0.1) is 25.1 Å². The van der Waals surface area contributed by atoms with Crippen molar-refractivity contribution in [3.63, 3.8) is 0 Å². The summed E-state index contributed by atoms with van der Waals surface area (Å²) >= 11 is 5.88. The molecule has 0 aliphatic heterocycles. The van der Waals surface area contributed by atoms with Crippen molar-refractivity contribution in [3.05, 3.63) is 59.1 Å². The molecule has 0 aromatic heterocycles. The number of sulfonamides is 1. The van der Waals surface area contributed by atoms with Crippen LogP contribution in [0.5, 0.6) is 5.75 Å². The van der Waals surface area contributed by atoms with E-state index in [4.69, 9.17) is 16.3 Å². The van der Waals surface area contributed by atoms with Gasteiger partial charge in [-0.1, -0.05) is 30.7 Å². The molecule has 2 rings (SSSR count). The fourth-order valence-electron chi connectivity index (χ4n) is 3.00. The highest BCUT2D eigenvalue weighted by Crippen LogP contribution is 2.22. The minimum Gasteiger partial charge on any atom is -0.497 e. The first-order valence-corrected chi connectivity index (χ1v) is 11.6. The van der Waals surface area contributed by atoms with Crippen LogP contribution in [0.1, 0.15) is 37.8 Å². The van der Waals surface area contributed by atoms with Crippen LogP contribution in [-0.2, 0) is 14.8 Å². The van der Waals surface area contributed by atoms with Crippen molar-refractivity contribution in [2.75, 3.05) is 24.2 Å². The zero-order chi connectivity index (χ0) is 21.4. The number of amides is 1. The summed E-state index contributed by atoms with van der Waals surface area (Å²) in [7, 11) is -1.85. The lowest BCUT2D eigenvalue weighted by Gasteiger charge is -2.23. The number of ether oxygens (including phenoxy) is 1. The molecule has 29 heavy (non-hydrogen) atoms. The molecule has 0 aliphatic carbocycles. The monoisotopic (exact) mass is 438 g/mol. The Labute approximate surface area is 177 Å². The lowest BCUT2D eigenvalue weighted by molar-refractivity contribution is -0.121. The summed E-state index contributed by atoms with van der Waals surface area (Å²) in [6.07, 6.45) is 2.53. The van der Waals surface area contributed by atoms with Crippen LogP contribution in [0.15, 0.2) is 48.5 Å². The van der Waals surface area contributed by atoms with Gasteiger partial charge in [0, 0.05) is 18.0 Å². The molecule has 2 aromatic rings. The standard InChI is InChI=1S/C21H27ClN2O4S/c1-4-20(16-7-13-19(28-2)14-8-16)23-21(25)6-5-15-24(29(3,26)27)18-11-9-17(22)10-12-18/h7-14,20H,4-6,15H2,1-3H3,(H,23,25). The van der Waals surface area contributed by atoms with Gasteiger partial charge in [-0.15, -0.1) is 0 Å². The fourth-order valence-corrected chi connectivity index (χ4v) is 4.09. The molecule has 1 unspecified atom stereocenters. The number of benzene rings is 2. The van der Waals surface area contributed by atoms with Gasteiger partial charge in [-0.05, 0) is 54.8 Å². The second-order valence-corrected chi connectivity index (χ2v) is 9.06. The number of hydrogen-bond acceptors (Lipinski definition) is 4. The second-order valence-electron chi connectivity index (χ2n) is 6.72. The van der Waals surface area contributed by atoms with E-state index in [0.717, 1.165) is 24.0 Å². The topological polar surface area (TPSA) is 75.7 Å². The Morgan fingerprint density at radius 1 is 1.14 bits per heavy atom. The Morgan fingerprint density at radius 2 is 1.76 bits per heavy atom. The summed E-state index contributed by atoms with van der Waals surface area (Å²) in [6, 6.07) is 14.1. The number of anilines is 1. The highest BCUT2D eigenvalue weighted by molar-refractivity contribution is 7.92. The van der Waals surface area contributed by atoms with Gasteiger partial charge in [0.25, 0.3) is 0 Å². The maximum absolute atomic E-state index is 12.4. The van der Waals surface area contributed by atoms with Crippen LogP contribution in [0.2, 0.25) is 5.02 Å². The molecule has 0 saturated heterocycles. The zero-order valence-corrected chi connectivity index (χ0v) is 18.5. The maximum Gasteiger partial charge on any atom is 0.232 e. The van der Waals surface area contributed by atoms with Gasteiger partial charge in [0.15, 0.2) is 0 Å². The number of nitrogens with one attached hydrogen (secondary N) is 1. The van der Waals surface area contributed by atoms with Gasteiger partial charge >= 0.3 is 0 Å². The van der Waals surface area contributed by atoms with Gasteiger partial charge < -0.3 is 10.1 Å². The molecular weight excluding hydrogens is 412 g/mol. The SMILES string of the molecule is CCC(NC(=O)CCCN(c1ccc(Cl)cc1)S(C)(=O)=O)c1ccc(OC)cc1. The van der Waals surface area contributed by atoms with Gasteiger partial charge in [-0.2, -0.15) is 0 Å². The molecule has 1 amide bonds. The highest BCUT2D eigenvalue weighted by atomic mass is 35.5. The van der Waals surface area contributed by atoms with Gasteiger partial charge in [0.2, 0.25) is 15.9 Å². The first-order valence-electron chi connectivity index (χ1n) is 9.41. The van der Waals surface area contributed by atoms with Crippen molar-refractivity contribution in [3.8, 4) is 5.75 Å². The van der Waals surface area contributed by atoms with Crippen LogP contribution in [0.4, 0.5) is 5.69 Å². The average Bonchev–Trinajstić information content (AvgIpc) is 2.69. The Hall–Kier alpha value is -2.25. The number of carbonyl (C=O) groups is 1. The number of hydrogen-bond donors (Lipinski definition) is 1. The quantitative estimate of drug-likeness (QED) is 0.604.